The van der Waals surface area contributed by atoms with Crippen molar-refractivity contribution in [2.75, 3.05) is 0 Å². The minimum atomic E-state index is -0.872. The van der Waals surface area contributed by atoms with Gasteiger partial charge in [0.1, 0.15) is 0 Å². The van der Waals surface area contributed by atoms with E-state index >= 15 is 0 Å². The van der Waals surface area contributed by atoms with Gasteiger partial charge >= 0.3 is 5.97 Å². The fourth-order valence-corrected chi connectivity index (χ4v) is 2.47. The van der Waals surface area contributed by atoms with E-state index in [0.717, 1.165) is 22.9 Å². The van der Waals surface area contributed by atoms with Crippen LogP contribution in [0.25, 0.3) is 0 Å². The third-order valence-corrected chi connectivity index (χ3v) is 3.84. The summed E-state index contributed by atoms with van der Waals surface area (Å²) in [6.07, 6.45) is 1.98. The standard InChI is InChI=1S/C14H16BrNO3/c1-8-2-5-10(15)6-11(8)14(19)16-12(7-13(17)18)9-3-4-9/h2,5-6,9,12H,3-4,7H2,1H3,(H,16,19)(H,17,18). The summed E-state index contributed by atoms with van der Waals surface area (Å²) in [6, 6.07) is 5.24. The predicted molar refractivity (Wildman–Crippen MR) is 75.1 cm³/mol. The molecule has 1 amide bonds. The fourth-order valence-electron chi connectivity index (χ4n) is 2.11. The summed E-state index contributed by atoms with van der Waals surface area (Å²) in [5.74, 6) is -0.757. The van der Waals surface area contributed by atoms with E-state index < -0.39 is 5.97 Å². The molecule has 1 aliphatic carbocycles. The number of aliphatic carboxylic acids is 1. The zero-order chi connectivity index (χ0) is 14.0. The van der Waals surface area contributed by atoms with Crippen LogP contribution in [0.4, 0.5) is 0 Å². The van der Waals surface area contributed by atoms with Crippen LogP contribution in [0.2, 0.25) is 0 Å². The maximum atomic E-state index is 12.2. The molecule has 0 aromatic heterocycles. The molecule has 0 saturated heterocycles. The molecule has 0 heterocycles. The van der Waals surface area contributed by atoms with E-state index in [1.807, 2.05) is 19.1 Å². The van der Waals surface area contributed by atoms with Crippen LogP contribution in [-0.4, -0.2) is 23.0 Å². The van der Waals surface area contributed by atoms with Gasteiger partial charge < -0.3 is 10.4 Å². The van der Waals surface area contributed by atoms with Gasteiger partial charge in [-0.2, -0.15) is 0 Å². The third-order valence-electron chi connectivity index (χ3n) is 3.35. The van der Waals surface area contributed by atoms with E-state index in [2.05, 4.69) is 21.2 Å². The number of carboxylic acid groups (broad SMARTS) is 1. The molecule has 1 fully saturated rings. The molecular formula is C14H16BrNO3. The second kappa shape index (κ2) is 5.74. The number of rotatable bonds is 5. The van der Waals surface area contributed by atoms with Gasteiger partial charge in [-0.15, -0.1) is 0 Å². The molecule has 0 bridgehead atoms. The molecule has 5 heteroatoms. The van der Waals surface area contributed by atoms with E-state index in [-0.39, 0.29) is 18.4 Å². The summed E-state index contributed by atoms with van der Waals surface area (Å²) < 4.78 is 0.837. The molecule has 4 nitrogen and oxygen atoms in total. The molecule has 2 N–H and O–H groups in total. The summed E-state index contributed by atoms with van der Waals surface area (Å²) in [6.45, 7) is 1.87. The summed E-state index contributed by atoms with van der Waals surface area (Å²) in [4.78, 5) is 23.0. The zero-order valence-electron chi connectivity index (χ0n) is 10.6. The topological polar surface area (TPSA) is 66.4 Å². The number of halogens is 1. The number of hydrogen-bond acceptors (Lipinski definition) is 2. The van der Waals surface area contributed by atoms with Gasteiger partial charge in [0.2, 0.25) is 0 Å². The van der Waals surface area contributed by atoms with Crippen LogP contribution >= 0.6 is 15.9 Å². The predicted octanol–water partition coefficient (Wildman–Crippen LogP) is 2.74. The number of aryl methyl sites for hydroxylation is 1. The molecule has 1 aromatic carbocycles. The molecule has 1 atom stereocenters. The number of carboxylic acids is 1. The Kier molecular flexibility index (Phi) is 4.24. The van der Waals surface area contributed by atoms with Crippen LogP contribution in [0.5, 0.6) is 0 Å². The largest absolute Gasteiger partial charge is 0.481 e. The summed E-state index contributed by atoms with van der Waals surface area (Å²) >= 11 is 3.34. The lowest BCUT2D eigenvalue weighted by atomic mass is 10.1. The van der Waals surface area contributed by atoms with Crippen LogP contribution in [0, 0.1) is 12.8 Å². The molecule has 1 unspecified atom stereocenters. The SMILES string of the molecule is Cc1ccc(Br)cc1C(=O)NC(CC(=O)O)C1CC1. The van der Waals surface area contributed by atoms with Crippen molar-refractivity contribution in [2.45, 2.75) is 32.2 Å². The van der Waals surface area contributed by atoms with Gasteiger partial charge in [-0.1, -0.05) is 22.0 Å². The molecular weight excluding hydrogens is 310 g/mol. The maximum Gasteiger partial charge on any atom is 0.305 e. The first-order valence-corrected chi connectivity index (χ1v) is 7.05. The average molecular weight is 326 g/mol. The highest BCUT2D eigenvalue weighted by molar-refractivity contribution is 9.10. The number of carbonyl (C=O) groups excluding carboxylic acids is 1. The first-order valence-electron chi connectivity index (χ1n) is 6.26. The van der Waals surface area contributed by atoms with Gasteiger partial charge in [-0.05, 0) is 43.4 Å². The maximum absolute atomic E-state index is 12.2. The molecule has 1 aromatic rings. The van der Waals surface area contributed by atoms with Crippen molar-refractivity contribution in [3.05, 3.63) is 33.8 Å². The molecule has 2 rings (SSSR count). The van der Waals surface area contributed by atoms with Crippen LogP contribution < -0.4 is 5.32 Å². The highest BCUT2D eigenvalue weighted by Crippen LogP contribution is 2.34. The van der Waals surface area contributed by atoms with Gasteiger partial charge in [0.05, 0.1) is 6.42 Å². The Morgan fingerprint density at radius 2 is 2.16 bits per heavy atom. The average Bonchev–Trinajstić information content (AvgIpc) is 3.14. The van der Waals surface area contributed by atoms with E-state index in [4.69, 9.17) is 5.11 Å². The molecule has 102 valence electrons. The molecule has 0 radical (unpaired) electrons. The number of benzene rings is 1. The monoisotopic (exact) mass is 325 g/mol. The van der Waals surface area contributed by atoms with Crippen molar-refractivity contribution in [3.8, 4) is 0 Å². The lowest BCUT2D eigenvalue weighted by molar-refractivity contribution is -0.137. The summed E-state index contributed by atoms with van der Waals surface area (Å²) in [5.41, 5.74) is 1.47. The normalized spacial score (nSPS) is 15.9. The summed E-state index contributed by atoms with van der Waals surface area (Å²) in [7, 11) is 0. The zero-order valence-corrected chi connectivity index (χ0v) is 12.2. The van der Waals surface area contributed by atoms with Gasteiger partial charge in [-0.3, -0.25) is 9.59 Å². The van der Waals surface area contributed by atoms with Crippen LogP contribution in [0.3, 0.4) is 0 Å². The first-order chi connectivity index (χ1) is 8.97. The number of hydrogen-bond donors (Lipinski definition) is 2. The van der Waals surface area contributed by atoms with Gasteiger partial charge in [0, 0.05) is 16.1 Å². The van der Waals surface area contributed by atoms with Crippen LogP contribution in [-0.2, 0) is 4.79 Å². The highest BCUT2D eigenvalue weighted by atomic mass is 79.9. The van der Waals surface area contributed by atoms with Crippen molar-refractivity contribution in [3.63, 3.8) is 0 Å². The van der Waals surface area contributed by atoms with Crippen LogP contribution in [0.1, 0.15) is 35.2 Å². The van der Waals surface area contributed by atoms with E-state index in [1.54, 1.807) is 6.07 Å². The van der Waals surface area contributed by atoms with Crippen molar-refractivity contribution >= 4 is 27.8 Å². The summed E-state index contributed by atoms with van der Waals surface area (Å²) in [5, 5.41) is 11.7. The highest BCUT2D eigenvalue weighted by Gasteiger charge is 2.34. The molecule has 0 spiro atoms. The Morgan fingerprint density at radius 1 is 1.47 bits per heavy atom. The molecule has 1 saturated carbocycles. The Labute approximate surface area is 120 Å². The quantitative estimate of drug-likeness (QED) is 0.874. The Hall–Kier alpha value is -1.36. The van der Waals surface area contributed by atoms with Crippen LogP contribution in [0.15, 0.2) is 22.7 Å². The second-order valence-corrected chi connectivity index (χ2v) is 5.89. The lowest BCUT2D eigenvalue weighted by Gasteiger charge is -2.17. The Balaban J connectivity index is 2.10. The molecule has 1 aliphatic rings. The second-order valence-electron chi connectivity index (χ2n) is 4.97. The van der Waals surface area contributed by atoms with E-state index in [1.165, 1.54) is 0 Å². The van der Waals surface area contributed by atoms with E-state index in [0.29, 0.717) is 11.5 Å². The molecule has 19 heavy (non-hydrogen) atoms. The lowest BCUT2D eigenvalue weighted by Crippen LogP contribution is -2.38. The van der Waals surface area contributed by atoms with E-state index in [9.17, 15) is 9.59 Å². The van der Waals surface area contributed by atoms with Crippen molar-refractivity contribution < 1.29 is 14.7 Å². The van der Waals surface area contributed by atoms with Gasteiger partial charge in [0.15, 0.2) is 0 Å². The van der Waals surface area contributed by atoms with Gasteiger partial charge in [-0.25, -0.2) is 0 Å². The molecule has 0 aliphatic heterocycles. The Bertz CT molecular complexity index is 511. The number of amides is 1. The first kappa shape index (κ1) is 14.1. The minimum absolute atomic E-state index is 0.0105. The van der Waals surface area contributed by atoms with Crippen molar-refractivity contribution in [1.82, 2.24) is 5.32 Å². The van der Waals surface area contributed by atoms with Gasteiger partial charge in [0.25, 0.3) is 5.91 Å². The fraction of sp³-hybridized carbons (Fsp3) is 0.429. The third kappa shape index (κ3) is 3.80. The minimum Gasteiger partial charge on any atom is -0.481 e. The number of carbonyl (C=O) groups is 2. The smallest absolute Gasteiger partial charge is 0.305 e. The van der Waals surface area contributed by atoms with Crippen molar-refractivity contribution in [1.29, 1.82) is 0 Å². The van der Waals surface area contributed by atoms with Crippen molar-refractivity contribution in [2.24, 2.45) is 5.92 Å². The number of nitrogens with one attached hydrogen (secondary N) is 1. The Morgan fingerprint density at radius 3 is 2.74 bits per heavy atom.